The molecule has 44 heavy (non-hydrogen) atoms. The fourth-order valence-corrected chi connectivity index (χ4v) is 6.67. The first-order valence-electron chi connectivity index (χ1n) is 14.3. The van der Waals surface area contributed by atoms with E-state index in [1.54, 1.807) is 45.4 Å². The standard InChI is InChI=1S/C32H34BrFN4O5S/c1-5-30(43-21(4)44(39,40)20(2)3)32(12-7-13-42-32)29-16-25-27(17-35-29)36-19-37-31(25)38-24-10-11-28(26(33)15-24)41-18-22-8-6-9-23(34)14-22/h6-11,13-17,19-21,30H,5,12,18H2,1-4H3,(H,36,37,38). The van der Waals surface area contributed by atoms with Crippen LogP contribution < -0.4 is 10.1 Å². The zero-order chi connectivity index (χ0) is 31.5. The first-order valence-corrected chi connectivity index (χ1v) is 16.7. The SMILES string of the molecule is CCC(OC(C)S(=O)(=O)C(C)C)C1(c2cc3c(Nc4ccc(OCc5cccc(F)c5)c(Br)c4)ncnc3cn2)CC=CO1. The highest BCUT2D eigenvalue weighted by molar-refractivity contribution is 9.10. The lowest BCUT2D eigenvalue weighted by molar-refractivity contribution is -0.118. The zero-order valence-corrected chi connectivity index (χ0v) is 27.2. The van der Waals surface area contributed by atoms with Gasteiger partial charge in [-0.3, -0.25) is 4.98 Å². The van der Waals surface area contributed by atoms with E-state index in [2.05, 4.69) is 31.2 Å². The van der Waals surface area contributed by atoms with Gasteiger partial charge in [0.25, 0.3) is 0 Å². The first kappa shape index (κ1) is 31.8. The van der Waals surface area contributed by atoms with Crippen molar-refractivity contribution < 1.29 is 27.0 Å². The molecule has 0 aliphatic carbocycles. The maximum Gasteiger partial charge on any atom is 0.179 e. The van der Waals surface area contributed by atoms with Gasteiger partial charge in [-0.25, -0.2) is 22.8 Å². The lowest BCUT2D eigenvalue weighted by Crippen LogP contribution is -2.45. The Bertz CT molecular complexity index is 1780. The van der Waals surface area contributed by atoms with Crippen molar-refractivity contribution in [3.8, 4) is 5.75 Å². The van der Waals surface area contributed by atoms with E-state index in [9.17, 15) is 12.8 Å². The minimum Gasteiger partial charge on any atom is -0.488 e. The number of fused-ring (bicyclic) bond motifs is 1. The number of nitrogens with zero attached hydrogens (tertiary/aromatic N) is 3. The van der Waals surface area contributed by atoms with Crippen LogP contribution in [0, 0.1) is 5.82 Å². The van der Waals surface area contributed by atoms with Crippen molar-refractivity contribution in [2.24, 2.45) is 0 Å². The van der Waals surface area contributed by atoms with Crippen LogP contribution in [0.15, 0.2) is 77.9 Å². The Labute approximate surface area is 264 Å². The summed E-state index contributed by atoms with van der Waals surface area (Å²) < 4.78 is 58.2. The number of hydrogen-bond acceptors (Lipinski definition) is 9. The molecule has 232 valence electrons. The summed E-state index contributed by atoms with van der Waals surface area (Å²) in [7, 11) is -3.50. The van der Waals surface area contributed by atoms with Crippen LogP contribution in [0.4, 0.5) is 15.9 Å². The van der Waals surface area contributed by atoms with Crippen molar-refractivity contribution in [3.05, 3.63) is 94.9 Å². The second-order valence-electron chi connectivity index (χ2n) is 10.8. The quantitative estimate of drug-likeness (QED) is 0.164. The van der Waals surface area contributed by atoms with E-state index in [1.165, 1.54) is 18.5 Å². The number of pyridine rings is 1. The predicted molar refractivity (Wildman–Crippen MR) is 171 cm³/mol. The summed E-state index contributed by atoms with van der Waals surface area (Å²) in [5.74, 6) is 0.837. The average molecular weight is 686 g/mol. The maximum absolute atomic E-state index is 13.5. The smallest absolute Gasteiger partial charge is 0.179 e. The molecule has 2 aromatic carbocycles. The van der Waals surface area contributed by atoms with E-state index in [0.717, 1.165) is 11.3 Å². The molecule has 0 fully saturated rings. The van der Waals surface area contributed by atoms with Gasteiger partial charge in [-0.2, -0.15) is 0 Å². The highest BCUT2D eigenvalue weighted by Crippen LogP contribution is 2.42. The van der Waals surface area contributed by atoms with Gasteiger partial charge < -0.3 is 19.5 Å². The Morgan fingerprint density at radius 1 is 1.11 bits per heavy atom. The van der Waals surface area contributed by atoms with Crippen molar-refractivity contribution in [2.45, 2.75) is 69.5 Å². The molecule has 0 saturated carbocycles. The summed E-state index contributed by atoms with van der Waals surface area (Å²) in [4.78, 5) is 13.6. The number of nitrogens with one attached hydrogen (secondary N) is 1. The van der Waals surface area contributed by atoms with Crippen LogP contribution in [0.1, 0.15) is 51.8 Å². The number of anilines is 2. The third-order valence-electron chi connectivity index (χ3n) is 7.60. The number of aromatic nitrogens is 3. The Balaban J connectivity index is 1.42. The van der Waals surface area contributed by atoms with Crippen molar-refractivity contribution >= 4 is 48.2 Å². The van der Waals surface area contributed by atoms with Gasteiger partial charge in [-0.05, 0) is 91.2 Å². The van der Waals surface area contributed by atoms with Gasteiger partial charge >= 0.3 is 0 Å². The van der Waals surface area contributed by atoms with Gasteiger partial charge in [0.05, 0.1) is 33.4 Å². The van der Waals surface area contributed by atoms with E-state index in [-0.39, 0.29) is 12.4 Å². The highest BCUT2D eigenvalue weighted by atomic mass is 79.9. The molecule has 3 unspecified atom stereocenters. The molecule has 3 atom stereocenters. The van der Waals surface area contributed by atoms with Crippen molar-refractivity contribution in [1.82, 2.24) is 15.0 Å². The number of ether oxygens (including phenoxy) is 3. The van der Waals surface area contributed by atoms with Crippen molar-refractivity contribution in [2.75, 3.05) is 5.32 Å². The van der Waals surface area contributed by atoms with Crippen LogP contribution in [-0.2, 0) is 31.5 Å². The molecule has 0 bridgehead atoms. The molecule has 2 aromatic heterocycles. The second kappa shape index (κ2) is 13.2. The summed E-state index contributed by atoms with van der Waals surface area (Å²) in [6.07, 6.45) is 6.96. The van der Waals surface area contributed by atoms with Gasteiger partial charge in [0.2, 0.25) is 0 Å². The Kier molecular flexibility index (Phi) is 9.52. The minimum atomic E-state index is -3.50. The molecular weight excluding hydrogens is 651 g/mol. The monoisotopic (exact) mass is 684 g/mol. The largest absolute Gasteiger partial charge is 0.488 e. The third-order valence-corrected chi connectivity index (χ3v) is 10.6. The predicted octanol–water partition coefficient (Wildman–Crippen LogP) is 7.34. The molecule has 1 N–H and O–H groups in total. The molecular formula is C32H34BrFN4O5S. The Morgan fingerprint density at radius 3 is 2.61 bits per heavy atom. The maximum atomic E-state index is 13.5. The molecule has 1 aliphatic heterocycles. The molecule has 9 nitrogen and oxygen atoms in total. The van der Waals surface area contributed by atoms with E-state index >= 15 is 0 Å². The number of rotatable bonds is 12. The number of benzene rings is 2. The number of hydrogen-bond donors (Lipinski definition) is 1. The van der Waals surface area contributed by atoms with Gasteiger partial charge in [0, 0.05) is 17.5 Å². The fourth-order valence-electron chi connectivity index (χ4n) is 5.12. The van der Waals surface area contributed by atoms with Crippen molar-refractivity contribution in [1.29, 1.82) is 0 Å². The van der Waals surface area contributed by atoms with Crippen molar-refractivity contribution in [3.63, 3.8) is 0 Å². The molecule has 0 spiro atoms. The average Bonchev–Trinajstić information content (AvgIpc) is 3.50. The molecule has 3 heterocycles. The van der Waals surface area contributed by atoms with Crippen LogP contribution in [0.3, 0.4) is 0 Å². The molecule has 1 aliphatic rings. The Hall–Kier alpha value is -3.61. The molecule has 0 radical (unpaired) electrons. The molecule has 0 amide bonds. The van der Waals surface area contributed by atoms with E-state index < -0.39 is 32.2 Å². The highest BCUT2D eigenvalue weighted by Gasteiger charge is 2.47. The minimum absolute atomic E-state index is 0.221. The number of halogens is 2. The topological polar surface area (TPSA) is 113 Å². The van der Waals surface area contributed by atoms with Crippen LogP contribution in [-0.4, -0.2) is 40.2 Å². The van der Waals surface area contributed by atoms with Crippen LogP contribution in [0.5, 0.6) is 5.75 Å². The van der Waals surface area contributed by atoms with Crippen LogP contribution in [0.25, 0.3) is 10.9 Å². The first-order chi connectivity index (χ1) is 21.0. The van der Waals surface area contributed by atoms with E-state index in [4.69, 9.17) is 19.2 Å². The van der Waals surface area contributed by atoms with E-state index in [1.807, 2.05) is 37.3 Å². The molecule has 4 aromatic rings. The third kappa shape index (κ3) is 6.57. The van der Waals surface area contributed by atoms with Gasteiger partial charge in [0.15, 0.2) is 20.9 Å². The van der Waals surface area contributed by atoms with Crippen LogP contribution >= 0.6 is 15.9 Å². The van der Waals surface area contributed by atoms with Crippen LogP contribution in [0.2, 0.25) is 0 Å². The van der Waals surface area contributed by atoms with Gasteiger partial charge in [-0.15, -0.1) is 0 Å². The fraction of sp³-hybridized carbons (Fsp3) is 0.344. The summed E-state index contributed by atoms with van der Waals surface area (Å²) in [6.45, 7) is 7.01. The summed E-state index contributed by atoms with van der Waals surface area (Å²) >= 11 is 3.57. The Morgan fingerprint density at radius 2 is 1.93 bits per heavy atom. The number of sulfone groups is 1. The van der Waals surface area contributed by atoms with E-state index in [0.29, 0.717) is 45.5 Å². The summed E-state index contributed by atoms with van der Waals surface area (Å²) in [5, 5.41) is 3.48. The summed E-state index contributed by atoms with van der Waals surface area (Å²) in [6, 6.07) is 13.7. The normalized spacial score (nSPS) is 17.9. The molecule has 5 rings (SSSR count). The lowest BCUT2D eigenvalue weighted by atomic mass is 9.87. The van der Waals surface area contributed by atoms with Gasteiger partial charge in [0.1, 0.15) is 36.4 Å². The lowest BCUT2D eigenvalue weighted by Gasteiger charge is -2.37. The second-order valence-corrected chi connectivity index (χ2v) is 14.5. The summed E-state index contributed by atoms with van der Waals surface area (Å²) in [5.41, 5.74) is 0.614. The zero-order valence-electron chi connectivity index (χ0n) is 24.8. The molecule has 0 saturated heterocycles. The van der Waals surface area contributed by atoms with Gasteiger partial charge in [-0.1, -0.05) is 19.1 Å². The molecule has 12 heteroatoms.